The lowest BCUT2D eigenvalue weighted by molar-refractivity contribution is 0.572. The van der Waals surface area contributed by atoms with E-state index < -0.39 is 0 Å². The van der Waals surface area contributed by atoms with Gasteiger partial charge < -0.3 is 20.0 Å². The molecule has 2 aromatic carbocycles. The second kappa shape index (κ2) is 10.4. The fraction of sp³-hybridized carbons (Fsp3) is 0.385. The molecule has 168 valence electrons. The van der Waals surface area contributed by atoms with Gasteiger partial charge >= 0.3 is 0 Å². The Morgan fingerprint density at radius 1 is 1.16 bits per heavy atom. The average molecular weight is 432 g/mol. The number of nitrogens with zero attached hydrogens (tertiary/aromatic N) is 3. The molecule has 1 aliphatic heterocycles. The zero-order chi connectivity index (χ0) is 22.3. The summed E-state index contributed by atoms with van der Waals surface area (Å²) in [7, 11) is 1.80. The van der Waals surface area contributed by atoms with Gasteiger partial charge in [-0.3, -0.25) is 4.99 Å². The number of benzene rings is 2. The van der Waals surface area contributed by atoms with Gasteiger partial charge in [-0.25, -0.2) is 4.98 Å². The molecule has 0 aliphatic carbocycles. The van der Waals surface area contributed by atoms with Crippen molar-refractivity contribution in [2.75, 3.05) is 31.6 Å². The summed E-state index contributed by atoms with van der Waals surface area (Å²) in [5.74, 6) is 1.44. The maximum atomic E-state index is 5.66. The van der Waals surface area contributed by atoms with Crippen LogP contribution < -0.4 is 15.5 Å². The SMILES string of the molecule is CN=C(NCCc1coc(-c2ccc(C)cc2)n1)NC(C)c1cccc(N2CCCC2)c1. The van der Waals surface area contributed by atoms with Crippen molar-refractivity contribution in [1.29, 1.82) is 0 Å². The Labute approximate surface area is 190 Å². The van der Waals surface area contributed by atoms with E-state index in [0.29, 0.717) is 5.89 Å². The molecule has 2 heterocycles. The smallest absolute Gasteiger partial charge is 0.226 e. The van der Waals surface area contributed by atoms with Crippen LogP contribution >= 0.6 is 0 Å². The molecule has 6 nitrogen and oxygen atoms in total. The molecule has 0 amide bonds. The molecule has 1 aliphatic rings. The highest BCUT2D eigenvalue weighted by molar-refractivity contribution is 5.80. The van der Waals surface area contributed by atoms with Gasteiger partial charge in [0, 0.05) is 44.4 Å². The van der Waals surface area contributed by atoms with Gasteiger partial charge in [0.2, 0.25) is 5.89 Å². The second-order valence-electron chi connectivity index (χ2n) is 8.41. The normalized spacial score (nSPS) is 15.1. The van der Waals surface area contributed by atoms with Crippen molar-refractivity contribution in [3.63, 3.8) is 0 Å². The Balaban J connectivity index is 1.29. The Morgan fingerprint density at radius 2 is 1.94 bits per heavy atom. The number of rotatable bonds is 7. The van der Waals surface area contributed by atoms with Crippen LogP contribution in [0.5, 0.6) is 0 Å². The van der Waals surface area contributed by atoms with E-state index in [0.717, 1.165) is 43.3 Å². The molecule has 0 saturated carbocycles. The summed E-state index contributed by atoms with van der Waals surface area (Å²) in [5.41, 5.74) is 5.72. The van der Waals surface area contributed by atoms with E-state index in [1.807, 2.05) is 12.1 Å². The monoisotopic (exact) mass is 431 g/mol. The average Bonchev–Trinajstić information content (AvgIpc) is 3.52. The third kappa shape index (κ3) is 5.49. The molecule has 3 aromatic rings. The van der Waals surface area contributed by atoms with Crippen molar-refractivity contribution >= 4 is 11.6 Å². The van der Waals surface area contributed by atoms with Crippen LogP contribution in [0, 0.1) is 6.92 Å². The van der Waals surface area contributed by atoms with E-state index in [1.165, 1.54) is 29.7 Å². The Morgan fingerprint density at radius 3 is 2.69 bits per heavy atom. The lowest BCUT2D eigenvalue weighted by Crippen LogP contribution is -2.39. The molecule has 0 bridgehead atoms. The van der Waals surface area contributed by atoms with Gasteiger partial charge in [-0.2, -0.15) is 0 Å². The quantitative estimate of drug-likeness (QED) is 0.419. The molecule has 1 fully saturated rings. The van der Waals surface area contributed by atoms with Crippen LogP contribution in [-0.2, 0) is 6.42 Å². The number of anilines is 1. The van der Waals surface area contributed by atoms with Crippen molar-refractivity contribution in [3.8, 4) is 11.5 Å². The number of hydrogen-bond donors (Lipinski definition) is 2. The minimum atomic E-state index is 0.156. The van der Waals surface area contributed by atoms with Gasteiger partial charge in [-0.15, -0.1) is 0 Å². The van der Waals surface area contributed by atoms with Crippen molar-refractivity contribution in [2.45, 2.75) is 39.2 Å². The predicted molar refractivity (Wildman–Crippen MR) is 131 cm³/mol. The van der Waals surface area contributed by atoms with E-state index in [2.05, 4.69) is 75.8 Å². The Hall–Kier alpha value is -3.28. The summed E-state index contributed by atoms with van der Waals surface area (Å²) in [6.45, 7) is 7.27. The number of oxazole rings is 1. The first-order valence-electron chi connectivity index (χ1n) is 11.5. The highest BCUT2D eigenvalue weighted by Gasteiger charge is 2.14. The Bertz CT molecular complexity index is 1030. The van der Waals surface area contributed by atoms with Gasteiger partial charge in [-0.05, 0) is 56.5 Å². The minimum Gasteiger partial charge on any atom is -0.444 e. The molecule has 4 rings (SSSR count). The zero-order valence-electron chi connectivity index (χ0n) is 19.3. The first-order chi connectivity index (χ1) is 15.6. The minimum absolute atomic E-state index is 0.156. The van der Waals surface area contributed by atoms with Crippen LogP contribution in [0.15, 0.2) is 64.2 Å². The van der Waals surface area contributed by atoms with Crippen LogP contribution in [0.1, 0.15) is 42.6 Å². The molecule has 0 radical (unpaired) electrons. The van der Waals surface area contributed by atoms with Gasteiger partial charge in [0.15, 0.2) is 5.96 Å². The number of guanidine groups is 1. The number of nitrogens with one attached hydrogen (secondary N) is 2. The van der Waals surface area contributed by atoms with E-state index in [1.54, 1.807) is 13.3 Å². The van der Waals surface area contributed by atoms with Crippen LogP contribution in [-0.4, -0.2) is 37.6 Å². The van der Waals surface area contributed by atoms with Crippen LogP contribution in [0.3, 0.4) is 0 Å². The molecule has 2 N–H and O–H groups in total. The van der Waals surface area contributed by atoms with Crippen molar-refractivity contribution in [1.82, 2.24) is 15.6 Å². The number of aliphatic imine (C=N–C) groups is 1. The summed E-state index contributed by atoms with van der Waals surface area (Å²) in [6.07, 6.45) is 5.06. The lowest BCUT2D eigenvalue weighted by atomic mass is 10.1. The summed E-state index contributed by atoms with van der Waals surface area (Å²) < 4.78 is 5.66. The predicted octanol–water partition coefficient (Wildman–Crippen LogP) is 4.72. The molecular formula is C26H33N5O. The summed E-state index contributed by atoms with van der Waals surface area (Å²) in [6, 6.07) is 17.2. The molecule has 0 spiro atoms. The number of aryl methyl sites for hydroxylation is 1. The van der Waals surface area contributed by atoms with E-state index in [-0.39, 0.29) is 6.04 Å². The van der Waals surface area contributed by atoms with E-state index in [9.17, 15) is 0 Å². The fourth-order valence-electron chi connectivity index (χ4n) is 4.01. The van der Waals surface area contributed by atoms with Crippen molar-refractivity contribution in [3.05, 3.63) is 71.6 Å². The second-order valence-corrected chi connectivity index (χ2v) is 8.41. The summed E-state index contributed by atoms with van der Waals surface area (Å²) >= 11 is 0. The molecular weight excluding hydrogens is 398 g/mol. The van der Waals surface area contributed by atoms with Crippen LogP contribution in [0.25, 0.3) is 11.5 Å². The first-order valence-corrected chi connectivity index (χ1v) is 11.5. The molecule has 32 heavy (non-hydrogen) atoms. The van der Waals surface area contributed by atoms with Crippen LogP contribution in [0.2, 0.25) is 0 Å². The standard InChI is InChI=1S/C26H33N5O/c1-19-9-11-21(12-10-19)25-30-23(18-32-25)13-14-28-26(27-3)29-20(2)22-7-6-8-24(17-22)31-15-4-5-16-31/h6-12,17-18,20H,4-5,13-16H2,1-3H3,(H2,27,28,29). The molecule has 6 heteroatoms. The zero-order valence-corrected chi connectivity index (χ0v) is 19.3. The van der Waals surface area contributed by atoms with Gasteiger partial charge in [-0.1, -0.05) is 29.8 Å². The highest BCUT2D eigenvalue weighted by atomic mass is 16.3. The third-order valence-corrected chi connectivity index (χ3v) is 5.94. The summed E-state index contributed by atoms with van der Waals surface area (Å²) in [4.78, 5) is 11.5. The van der Waals surface area contributed by atoms with E-state index in [4.69, 9.17) is 4.42 Å². The largest absolute Gasteiger partial charge is 0.444 e. The molecule has 1 aromatic heterocycles. The fourth-order valence-corrected chi connectivity index (χ4v) is 4.01. The lowest BCUT2D eigenvalue weighted by Gasteiger charge is -2.22. The molecule has 1 unspecified atom stereocenters. The molecule has 1 saturated heterocycles. The van der Waals surface area contributed by atoms with Crippen molar-refractivity contribution < 1.29 is 4.42 Å². The van der Waals surface area contributed by atoms with Gasteiger partial charge in [0.25, 0.3) is 0 Å². The van der Waals surface area contributed by atoms with E-state index >= 15 is 0 Å². The number of hydrogen-bond acceptors (Lipinski definition) is 4. The Kier molecular flexibility index (Phi) is 7.10. The topological polar surface area (TPSA) is 65.7 Å². The third-order valence-electron chi connectivity index (χ3n) is 5.94. The van der Waals surface area contributed by atoms with Crippen molar-refractivity contribution in [2.24, 2.45) is 4.99 Å². The van der Waals surface area contributed by atoms with Gasteiger partial charge in [0.1, 0.15) is 6.26 Å². The number of aromatic nitrogens is 1. The maximum absolute atomic E-state index is 5.66. The van der Waals surface area contributed by atoms with Crippen LogP contribution in [0.4, 0.5) is 5.69 Å². The van der Waals surface area contributed by atoms with Gasteiger partial charge in [0.05, 0.1) is 11.7 Å². The summed E-state index contributed by atoms with van der Waals surface area (Å²) in [5, 5.41) is 6.89. The molecule has 1 atom stereocenters. The first kappa shape index (κ1) is 21.9. The maximum Gasteiger partial charge on any atom is 0.226 e. The highest BCUT2D eigenvalue weighted by Crippen LogP contribution is 2.24.